The van der Waals surface area contributed by atoms with Crippen molar-refractivity contribution in [1.82, 2.24) is 4.98 Å². The molecule has 0 atom stereocenters. The number of nitrogens with zero attached hydrogens (tertiary/aromatic N) is 1. The lowest BCUT2D eigenvalue weighted by molar-refractivity contribution is 0.376. The predicted molar refractivity (Wildman–Crippen MR) is 67.5 cm³/mol. The Labute approximate surface area is 98.3 Å². The first-order valence-electron chi connectivity index (χ1n) is 5.35. The molecule has 3 rings (SSSR count). The zero-order valence-corrected chi connectivity index (χ0v) is 9.34. The summed E-state index contributed by atoms with van der Waals surface area (Å²) in [6.07, 6.45) is 0. The van der Waals surface area contributed by atoms with Crippen LogP contribution < -0.4 is 4.74 Å². The van der Waals surface area contributed by atoms with Gasteiger partial charge in [-0.3, -0.25) is 0 Å². The summed E-state index contributed by atoms with van der Waals surface area (Å²) in [6.45, 7) is 0. The summed E-state index contributed by atoms with van der Waals surface area (Å²) in [6, 6.07) is 13.3. The van der Waals surface area contributed by atoms with Crippen molar-refractivity contribution < 1.29 is 9.84 Å². The van der Waals surface area contributed by atoms with E-state index in [0.29, 0.717) is 11.1 Å². The predicted octanol–water partition coefficient (Wildman–Crippen LogP) is 3.10. The van der Waals surface area contributed by atoms with Crippen LogP contribution >= 0.6 is 0 Å². The highest BCUT2D eigenvalue weighted by Gasteiger charge is 2.08. The number of ether oxygens (including phenoxy) is 1. The Morgan fingerprint density at radius 1 is 1.06 bits per heavy atom. The van der Waals surface area contributed by atoms with Crippen molar-refractivity contribution in [1.29, 1.82) is 0 Å². The number of para-hydroxylation sites is 1. The molecule has 1 heterocycles. The third-order valence-corrected chi connectivity index (χ3v) is 2.85. The quantitative estimate of drug-likeness (QED) is 0.647. The first-order valence-corrected chi connectivity index (χ1v) is 5.35. The van der Waals surface area contributed by atoms with Gasteiger partial charge in [-0.1, -0.05) is 18.2 Å². The average Bonchev–Trinajstić information content (AvgIpc) is 2.37. The number of hydrogen-bond acceptors (Lipinski definition) is 3. The van der Waals surface area contributed by atoms with E-state index in [0.717, 1.165) is 16.4 Å². The van der Waals surface area contributed by atoms with Crippen molar-refractivity contribution in [3.63, 3.8) is 0 Å². The number of aromatic nitrogens is 1. The van der Waals surface area contributed by atoms with Gasteiger partial charge in [-0.15, -0.1) is 0 Å². The van der Waals surface area contributed by atoms with Gasteiger partial charge in [-0.25, -0.2) is 4.98 Å². The summed E-state index contributed by atoms with van der Waals surface area (Å²) < 4.78 is 5.09. The Hall–Kier alpha value is -2.29. The number of rotatable bonds is 1. The van der Waals surface area contributed by atoms with Crippen LogP contribution in [0.4, 0.5) is 0 Å². The van der Waals surface area contributed by atoms with E-state index >= 15 is 0 Å². The van der Waals surface area contributed by atoms with E-state index in [1.165, 1.54) is 7.11 Å². The van der Waals surface area contributed by atoms with Gasteiger partial charge in [-0.05, 0) is 24.3 Å². The molecule has 0 unspecified atom stereocenters. The van der Waals surface area contributed by atoms with Gasteiger partial charge in [0, 0.05) is 10.8 Å². The maximum atomic E-state index is 10.0. The topological polar surface area (TPSA) is 42.4 Å². The summed E-state index contributed by atoms with van der Waals surface area (Å²) in [5, 5.41) is 11.8. The van der Waals surface area contributed by atoms with E-state index in [1.807, 2.05) is 36.4 Å². The molecule has 0 saturated heterocycles. The summed E-state index contributed by atoms with van der Waals surface area (Å²) in [5.74, 6) is 0.609. The Morgan fingerprint density at radius 2 is 1.88 bits per heavy atom. The van der Waals surface area contributed by atoms with Crippen LogP contribution in [-0.4, -0.2) is 17.2 Å². The number of phenols is 1. The fourth-order valence-electron chi connectivity index (χ4n) is 1.98. The number of benzene rings is 2. The van der Waals surface area contributed by atoms with Gasteiger partial charge in [0.2, 0.25) is 0 Å². The van der Waals surface area contributed by atoms with E-state index in [1.54, 1.807) is 6.07 Å². The highest BCUT2D eigenvalue weighted by atomic mass is 16.5. The fraction of sp³-hybridized carbons (Fsp3) is 0.0714. The molecular formula is C14H11NO2. The van der Waals surface area contributed by atoms with E-state index in [4.69, 9.17) is 4.74 Å². The highest BCUT2D eigenvalue weighted by molar-refractivity contribution is 5.96. The van der Waals surface area contributed by atoms with Crippen LogP contribution in [0.5, 0.6) is 11.5 Å². The maximum absolute atomic E-state index is 10.0. The average molecular weight is 225 g/mol. The van der Waals surface area contributed by atoms with Gasteiger partial charge < -0.3 is 9.84 Å². The Morgan fingerprint density at radius 3 is 2.71 bits per heavy atom. The van der Waals surface area contributed by atoms with Crippen molar-refractivity contribution >= 4 is 21.8 Å². The van der Waals surface area contributed by atoms with Crippen molar-refractivity contribution in [2.24, 2.45) is 0 Å². The second kappa shape index (κ2) is 3.63. The molecule has 2 aromatic carbocycles. The van der Waals surface area contributed by atoms with Crippen LogP contribution in [0.15, 0.2) is 42.5 Å². The number of methoxy groups -OCH3 is 1. The molecule has 3 aromatic rings. The Kier molecular flexibility index (Phi) is 2.11. The standard InChI is InChI=1S/C14H11NO2/c1-17-13-7-6-12-10(14(13)16)8-9-4-2-3-5-11(9)15-12/h2-8,16H,1H3. The maximum Gasteiger partial charge on any atom is 0.167 e. The number of pyridine rings is 1. The first kappa shape index (κ1) is 9.90. The molecule has 0 aliphatic rings. The third-order valence-electron chi connectivity index (χ3n) is 2.85. The fourth-order valence-corrected chi connectivity index (χ4v) is 1.98. The normalized spacial score (nSPS) is 10.9. The molecule has 0 bridgehead atoms. The summed E-state index contributed by atoms with van der Waals surface area (Å²) in [7, 11) is 1.54. The number of hydrogen-bond donors (Lipinski definition) is 1. The molecule has 17 heavy (non-hydrogen) atoms. The number of phenolic OH excluding ortho intramolecular Hbond substituents is 1. The minimum Gasteiger partial charge on any atom is -0.504 e. The van der Waals surface area contributed by atoms with E-state index in [2.05, 4.69) is 4.98 Å². The van der Waals surface area contributed by atoms with Crippen LogP contribution in [0.1, 0.15) is 0 Å². The molecule has 0 amide bonds. The van der Waals surface area contributed by atoms with Crippen LogP contribution in [0.2, 0.25) is 0 Å². The van der Waals surface area contributed by atoms with Crippen LogP contribution in [0.3, 0.4) is 0 Å². The van der Waals surface area contributed by atoms with Crippen molar-refractivity contribution in [2.75, 3.05) is 7.11 Å². The van der Waals surface area contributed by atoms with Gasteiger partial charge in [0.1, 0.15) is 0 Å². The zero-order valence-electron chi connectivity index (χ0n) is 9.34. The molecule has 1 aromatic heterocycles. The zero-order chi connectivity index (χ0) is 11.8. The molecule has 3 heteroatoms. The molecular weight excluding hydrogens is 214 g/mol. The first-order chi connectivity index (χ1) is 8.29. The van der Waals surface area contributed by atoms with E-state index < -0.39 is 0 Å². The Bertz CT molecular complexity index is 707. The lowest BCUT2D eigenvalue weighted by Crippen LogP contribution is -1.87. The monoisotopic (exact) mass is 225 g/mol. The summed E-state index contributed by atoms with van der Waals surface area (Å²) >= 11 is 0. The van der Waals surface area contributed by atoms with Gasteiger partial charge in [0.15, 0.2) is 11.5 Å². The second-order valence-corrected chi connectivity index (χ2v) is 3.86. The number of fused-ring (bicyclic) bond motifs is 2. The van der Waals surface area contributed by atoms with Crippen LogP contribution in [0, 0.1) is 0 Å². The van der Waals surface area contributed by atoms with Gasteiger partial charge in [-0.2, -0.15) is 0 Å². The van der Waals surface area contributed by atoms with Crippen LogP contribution in [-0.2, 0) is 0 Å². The molecule has 1 N–H and O–H groups in total. The lowest BCUT2D eigenvalue weighted by Gasteiger charge is -2.07. The summed E-state index contributed by atoms with van der Waals surface area (Å²) in [4.78, 5) is 4.50. The molecule has 0 saturated carbocycles. The molecule has 0 spiro atoms. The van der Waals surface area contributed by atoms with Crippen molar-refractivity contribution in [3.05, 3.63) is 42.5 Å². The third kappa shape index (κ3) is 1.47. The second-order valence-electron chi connectivity index (χ2n) is 3.86. The minimum atomic E-state index is 0.142. The Balaban J connectivity index is 2.44. The van der Waals surface area contributed by atoms with Gasteiger partial charge in [0.25, 0.3) is 0 Å². The lowest BCUT2D eigenvalue weighted by atomic mass is 10.1. The van der Waals surface area contributed by atoms with Crippen molar-refractivity contribution in [3.8, 4) is 11.5 Å². The largest absolute Gasteiger partial charge is 0.504 e. The van der Waals surface area contributed by atoms with Crippen molar-refractivity contribution in [2.45, 2.75) is 0 Å². The van der Waals surface area contributed by atoms with Crippen LogP contribution in [0.25, 0.3) is 21.8 Å². The molecule has 0 fully saturated rings. The summed E-state index contributed by atoms with van der Waals surface area (Å²) in [5.41, 5.74) is 1.69. The van der Waals surface area contributed by atoms with E-state index in [9.17, 15) is 5.11 Å². The van der Waals surface area contributed by atoms with E-state index in [-0.39, 0.29) is 5.75 Å². The smallest absolute Gasteiger partial charge is 0.167 e. The minimum absolute atomic E-state index is 0.142. The highest BCUT2D eigenvalue weighted by Crippen LogP contribution is 2.34. The van der Waals surface area contributed by atoms with Gasteiger partial charge >= 0.3 is 0 Å². The molecule has 3 nitrogen and oxygen atoms in total. The molecule has 0 aliphatic carbocycles. The number of aromatic hydroxyl groups is 1. The SMILES string of the molecule is COc1ccc2nc3ccccc3cc2c1O. The molecule has 0 aliphatic heterocycles. The molecule has 84 valence electrons. The molecule has 0 radical (unpaired) electrons. The van der Waals surface area contributed by atoms with Gasteiger partial charge in [0.05, 0.1) is 18.1 Å².